The van der Waals surface area contributed by atoms with E-state index in [1.54, 1.807) is 6.07 Å². The van der Waals surface area contributed by atoms with Gasteiger partial charge in [0, 0.05) is 40.3 Å². The molecule has 5 rings (SSSR count). The van der Waals surface area contributed by atoms with Crippen molar-refractivity contribution in [3.8, 4) is 5.75 Å². The highest BCUT2D eigenvalue weighted by Crippen LogP contribution is 2.45. The topological polar surface area (TPSA) is 94.2 Å². The second-order valence-electron chi connectivity index (χ2n) is 14.6. The van der Waals surface area contributed by atoms with Crippen molar-refractivity contribution in [3.63, 3.8) is 0 Å². The van der Waals surface area contributed by atoms with Crippen LogP contribution in [0.1, 0.15) is 94.1 Å². The van der Waals surface area contributed by atoms with Crippen LogP contribution in [0, 0.1) is 23.2 Å². The van der Waals surface area contributed by atoms with Crippen LogP contribution in [0.5, 0.6) is 5.75 Å². The van der Waals surface area contributed by atoms with E-state index in [9.17, 15) is 13.8 Å². The lowest BCUT2D eigenvalue weighted by Gasteiger charge is -2.44. The summed E-state index contributed by atoms with van der Waals surface area (Å²) in [7, 11) is -1.48. The number of nitrogens with zero attached hydrogens (tertiary/aromatic N) is 1. The van der Waals surface area contributed by atoms with Gasteiger partial charge in [0.05, 0.1) is 31.9 Å². The highest BCUT2D eigenvalue weighted by atomic mass is 35.5. The number of amides is 1. The number of carbonyl (C=O) groups is 2. The average molecular weight is 713 g/mol. The van der Waals surface area contributed by atoms with Gasteiger partial charge in [-0.15, -0.1) is 0 Å². The van der Waals surface area contributed by atoms with Crippen LogP contribution in [0.2, 0.25) is 5.02 Å². The summed E-state index contributed by atoms with van der Waals surface area (Å²) >= 11 is 6.45. The van der Waals surface area contributed by atoms with E-state index in [2.05, 4.69) is 54.7 Å². The van der Waals surface area contributed by atoms with Crippen LogP contribution >= 0.6 is 11.6 Å². The Bertz CT molecular complexity index is 1520. The summed E-state index contributed by atoms with van der Waals surface area (Å²) in [4.78, 5) is 28.7. The minimum absolute atomic E-state index is 0.0805. The van der Waals surface area contributed by atoms with Crippen molar-refractivity contribution in [3.05, 3.63) is 70.3 Å². The van der Waals surface area contributed by atoms with Crippen LogP contribution in [0.4, 0.5) is 5.69 Å². The van der Waals surface area contributed by atoms with Gasteiger partial charge < -0.3 is 19.1 Å². The third kappa shape index (κ3) is 9.47. The molecule has 10 heteroatoms. The van der Waals surface area contributed by atoms with Gasteiger partial charge in [0.1, 0.15) is 23.3 Å². The first-order valence-corrected chi connectivity index (χ1v) is 19.5. The predicted octanol–water partition coefficient (Wildman–Crippen LogP) is 7.66. The van der Waals surface area contributed by atoms with E-state index in [0.717, 1.165) is 55.1 Å². The molecular formula is C39H53ClN2O6S. The maximum Gasteiger partial charge on any atom is 0.306 e. The molecule has 5 unspecified atom stereocenters. The van der Waals surface area contributed by atoms with Crippen molar-refractivity contribution in [1.29, 1.82) is 0 Å². The molecule has 8 nitrogen and oxygen atoms in total. The van der Waals surface area contributed by atoms with Crippen LogP contribution < -0.4 is 14.4 Å². The summed E-state index contributed by atoms with van der Waals surface area (Å²) < 4.78 is 32.7. The van der Waals surface area contributed by atoms with Crippen LogP contribution in [-0.4, -0.2) is 60.9 Å². The molecule has 0 bridgehead atoms. The normalized spacial score (nSPS) is 22.7. The van der Waals surface area contributed by atoms with Crippen LogP contribution in [0.15, 0.2) is 48.6 Å². The molecule has 1 saturated heterocycles. The number of benzene rings is 2. The first kappa shape index (κ1) is 37.4. The molecule has 2 fully saturated rings. The smallest absolute Gasteiger partial charge is 0.306 e. The van der Waals surface area contributed by atoms with Gasteiger partial charge in [0.2, 0.25) is 0 Å². The summed E-state index contributed by atoms with van der Waals surface area (Å²) in [6.45, 7) is 13.6. The number of anilines is 1. The molecule has 1 saturated carbocycles. The van der Waals surface area contributed by atoms with E-state index in [1.807, 2.05) is 32.0 Å². The standard InChI is InChI=1S/C39H53ClN2O6S/c1-6-8-10-28(19-37(43)48-25-39(5)23-46-24-39)33-14-11-30(33)20-42-21-31(34-15-13-32(40)17-27(34)9-7-2)22-47-36-16-12-29(18-35(36)42)38(44)41-49(45)26(3)4/h8,10,12-13,15-18,26,28,30-31,33H,6-7,9,11,14,19-25H2,1-5H3,(H,41,44)/b10-8+. The summed E-state index contributed by atoms with van der Waals surface area (Å²) in [5.74, 6) is 1.04. The Balaban J connectivity index is 1.41. The van der Waals surface area contributed by atoms with Gasteiger partial charge in [-0.3, -0.25) is 14.3 Å². The summed E-state index contributed by atoms with van der Waals surface area (Å²) in [6.07, 6.45) is 9.69. The number of allylic oxidation sites excluding steroid dienone is 2. The number of esters is 1. The first-order valence-electron chi connectivity index (χ1n) is 17.9. The zero-order chi connectivity index (χ0) is 35.1. The maximum atomic E-state index is 13.2. The molecule has 1 aliphatic carbocycles. The van der Waals surface area contributed by atoms with Gasteiger partial charge >= 0.3 is 5.97 Å². The summed E-state index contributed by atoms with van der Waals surface area (Å²) in [5.41, 5.74) is 3.69. The number of ether oxygens (including phenoxy) is 3. The molecule has 49 heavy (non-hydrogen) atoms. The zero-order valence-electron chi connectivity index (χ0n) is 29.7. The molecule has 1 N–H and O–H groups in total. The van der Waals surface area contributed by atoms with Gasteiger partial charge in [-0.2, -0.15) is 0 Å². The fourth-order valence-electron chi connectivity index (χ4n) is 7.10. The second kappa shape index (κ2) is 16.9. The molecule has 0 radical (unpaired) electrons. The minimum atomic E-state index is -1.48. The first-order chi connectivity index (χ1) is 23.5. The fraction of sp³-hybridized carbons (Fsp3) is 0.590. The van der Waals surface area contributed by atoms with Crippen molar-refractivity contribution in [2.24, 2.45) is 23.2 Å². The average Bonchev–Trinajstić information content (AvgIpc) is 3.22. The number of hydrogen-bond acceptors (Lipinski definition) is 7. The Morgan fingerprint density at radius 3 is 2.61 bits per heavy atom. The summed E-state index contributed by atoms with van der Waals surface area (Å²) in [6, 6.07) is 11.7. The van der Waals surface area contributed by atoms with Crippen molar-refractivity contribution >= 4 is 40.2 Å². The van der Waals surface area contributed by atoms with Gasteiger partial charge in [-0.05, 0) is 98.7 Å². The predicted molar refractivity (Wildman–Crippen MR) is 197 cm³/mol. The Hall–Kier alpha value is -2.88. The number of fused-ring (bicyclic) bond motifs is 1. The molecule has 2 aliphatic heterocycles. The quantitative estimate of drug-likeness (QED) is 0.150. The third-order valence-corrected chi connectivity index (χ3v) is 11.6. The third-order valence-electron chi connectivity index (χ3n) is 10.1. The number of nitrogens with one attached hydrogen (secondary N) is 1. The Labute approximate surface area is 299 Å². The lowest BCUT2D eigenvalue weighted by molar-refractivity contribution is -0.166. The number of carbonyl (C=O) groups excluding carboxylic acids is 2. The van der Waals surface area contributed by atoms with Crippen molar-refractivity contribution in [2.75, 3.05) is 44.4 Å². The monoisotopic (exact) mass is 712 g/mol. The molecular weight excluding hydrogens is 660 g/mol. The minimum Gasteiger partial charge on any atom is -0.491 e. The lowest BCUT2D eigenvalue weighted by atomic mass is 9.65. The Morgan fingerprint density at radius 1 is 1.16 bits per heavy atom. The van der Waals surface area contributed by atoms with Crippen LogP contribution in [0.25, 0.3) is 0 Å². The number of hydrogen-bond donors (Lipinski definition) is 1. The van der Waals surface area contributed by atoms with E-state index in [1.165, 1.54) is 11.1 Å². The maximum absolute atomic E-state index is 13.2. The Morgan fingerprint density at radius 2 is 1.96 bits per heavy atom. The number of aryl methyl sites for hydroxylation is 1. The highest BCUT2D eigenvalue weighted by Gasteiger charge is 2.40. The molecule has 3 aliphatic rings. The second-order valence-corrected chi connectivity index (χ2v) is 16.8. The van der Waals surface area contributed by atoms with E-state index >= 15 is 0 Å². The highest BCUT2D eigenvalue weighted by molar-refractivity contribution is 7.84. The van der Waals surface area contributed by atoms with Crippen LogP contribution in [-0.2, 0) is 31.7 Å². The zero-order valence-corrected chi connectivity index (χ0v) is 31.2. The van der Waals surface area contributed by atoms with Gasteiger partial charge in [0.25, 0.3) is 5.91 Å². The molecule has 0 spiro atoms. The summed E-state index contributed by atoms with van der Waals surface area (Å²) in [5, 5.41) is 0.536. The van der Waals surface area contributed by atoms with Crippen LogP contribution in [0.3, 0.4) is 0 Å². The van der Waals surface area contributed by atoms with Crippen molar-refractivity contribution in [2.45, 2.75) is 84.3 Å². The van der Waals surface area contributed by atoms with Crippen molar-refractivity contribution < 1.29 is 28.0 Å². The number of halogens is 1. The molecule has 0 aromatic heterocycles. The van der Waals surface area contributed by atoms with E-state index in [-0.39, 0.29) is 34.4 Å². The van der Waals surface area contributed by atoms with E-state index in [4.69, 9.17) is 25.8 Å². The Kier molecular flexibility index (Phi) is 12.9. The molecule has 1 amide bonds. The van der Waals surface area contributed by atoms with E-state index < -0.39 is 11.0 Å². The molecule has 2 aromatic carbocycles. The lowest BCUT2D eigenvalue weighted by Crippen LogP contribution is -2.44. The van der Waals surface area contributed by atoms with Gasteiger partial charge in [0.15, 0.2) is 0 Å². The van der Waals surface area contributed by atoms with Gasteiger partial charge in [-0.25, -0.2) is 4.21 Å². The SMILES string of the molecule is CC/C=C/C(CC(=O)OCC1(C)COC1)C1CCC1CN1CC(c2ccc(Cl)cc2CCC)COc2ccc(C(=O)NS(=O)C(C)C)cc21. The molecule has 2 heterocycles. The largest absolute Gasteiger partial charge is 0.491 e. The molecule has 5 atom stereocenters. The van der Waals surface area contributed by atoms with Crippen molar-refractivity contribution in [1.82, 2.24) is 4.72 Å². The van der Waals surface area contributed by atoms with Gasteiger partial charge in [-0.1, -0.05) is 57.0 Å². The molecule has 268 valence electrons. The fourth-order valence-corrected chi connectivity index (χ4v) is 7.84. The van der Waals surface area contributed by atoms with E-state index in [0.29, 0.717) is 56.8 Å². The molecule has 2 aromatic rings. The number of rotatable bonds is 15.